The van der Waals surface area contributed by atoms with Crippen LogP contribution in [0.15, 0.2) is 59.5 Å². The van der Waals surface area contributed by atoms with Crippen LogP contribution in [-0.4, -0.2) is 31.7 Å². The first kappa shape index (κ1) is 21.9. The molecule has 0 aliphatic heterocycles. The fraction of sp³-hybridized carbons (Fsp3) is 0.318. The molecule has 1 N–H and O–H groups in total. The van der Waals surface area contributed by atoms with Gasteiger partial charge < -0.3 is 5.32 Å². The number of benzene rings is 2. The maximum atomic E-state index is 12.5. The Balaban J connectivity index is 2.03. The minimum Gasteiger partial charge on any atom is -0.346 e. The van der Waals surface area contributed by atoms with E-state index in [4.69, 9.17) is 0 Å². The SMILES string of the molecule is CCN(CC)S(=O)(=O)c1ccc([C@H](C)NC(=O)/C=C/c2ccc(C)cc2)cc1. The van der Waals surface area contributed by atoms with Gasteiger partial charge in [-0.15, -0.1) is 0 Å². The monoisotopic (exact) mass is 400 g/mol. The Morgan fingerprint density at radius 1 is 1.04 bits per heavy atom. The van der Waals surface area contributed by atoms with Crippen LogP contribution in [0.2, 0.25) is 0 Å². The first-order valence-electron chi connectivity index (χ1n) is 9.43. The highest BCUT2D eigenvalue weighted by atomic mass is 32.2. The second kappa shape index (κ2) is 9.66. The van der Waals surface area contributed by atoms with E-state index < -0.39 is 10.0 Å². The molecule has 0 heterocycles. The molecule has 0 unspecified atom stereocenters. The molecule has 0 saturated carbocycles. The molecule has 2 aromatic rings. The normalized spacial score (nSPS) is 13.0. The highest BCUT2D eigenvalue weighted by Gasteiger charge is 2.21. The van der Waals surface area contributed by atoms with Crippen molar-refractivity contribution in [2.75, 3.05) is 13.1 Å². The summed E-state index contributed by atoms with van der Waals surface area (Å²) >= 11 is 0. The molecular formula is C22H28N2O3S. The van der Waals surface area contributed by atoms with Crippen LogP contribution in [0.1, 0.15) is 43.5 Å². The number of hydrogen-bond donors (Lipinski definition) is 1. The molecule has 150 valence electrons. The van der Waals surface area contributed by atoms with E-state index in [0.717, 1.165) is 11.1 Å². The molecule has 0 aromatic heterocycles. The van der Waals surface area contributed by atoms with E-state index in [9.17, 15) is 13.2 Å². The van der Waals surface area contributed by atoms with E-state index in [1.54, 1.807) is 30.3 Å². The molecule has 0 bridgehead atoms. The molecule has 1 amide bonds. The molecule has 2 aromatic carbocycles. The van der Waals surface area contributed by atoms with Crippen LogP contribution in [0.25, 0.3) is 6.08 Å². The molecule has 0 saturated heterocycles. The molecule has 2 rings (SSSR count). The average molecular weight is 401 g/mol. The summed E-state index contributed by atoms with van der Waals surface area (Å²) in [5.74, 6) is -0.201. The van der Waals surface area contributed by atoms with Crippen molar-refractivity contribution < 1.29 is 13.2 Å². The number of aryl methyl sites for hydroxylation is 1. The van der Waals surface area contributed by atoms with E-state index in [1.165, 1.54) is 15.9 Å². The maximum Gasteiger partial charge on any atom is 0.244 e. The van der Waals surface area contributed by atoms with Crippen molar-refractivity contribution in [2.24, 2.45) is 0 Å². The van der Waals surface area contributed by atoms with E-state index >= 15 is 0 Å². The number of carbonyl (C=O) groups excluding carboxylic acids is 1. The molecule has 1 atom stereocenters. The van der Waals surface area contributed by atoms with Gasteiger partial charge in [0.15, 0.2) is 0 Å². The van der Waals surface area contributed by atoms with Crippen molar-refractivity contribution in [3.8, 4) is 0 Å². The molecule has 0 aliphatic rings. The number of nitrogens with one attached hydrogen (secondary N) is 1. The highest BCUT2D eigenvalue weighted by molar-refractivity contribution is 7.89. The lowest BCUT2D eigenvalue weighted by Gasteiger charge is -2.19. The van der Waals surface area contributed by atoms with Crippen LogP contribution in [0.4, 0.5) is 0 Å². The first-order valence-corrected chi connectivity index (χ1v) is 10.9. The fourth-order valence-corrected chi connectivity index (χ4v) is 4.29. The minimum atomic E-state index is -3.47. The van der Waals surface area contributed by atoms with Crippen molar-refractivity contribution in [1.82, 2.24) is 9.62 Å². The lowest BCUT2D eigenvalue weighted by atomic mass is 10.1. The van der Waals surface area contributed by atoms with Gasteiger partial charge in [0, 0.05) is 19.2 Å². The van der Waals surface area contributed by atoms with Gasteiger partial charge >= 0.3 is 0 Å². The Labute approximate surface area is 168 Å². The van der Waals surface area contributed by atoms with Gasteiger partial charge in [-0.1, -0.05) is 55.8 Å². The minimum absolute atomic E-state index is 0.201. The molecule has 5 nitrogen and oxygen atoms in total. The zero-order valence-electron chi connectivity index (χ0n) is 16.8. The molecule has 6 heteroatoms. The van der Waals surface area contributed by atoms with Crippen LogP contribution >= 0.6 is 0 Å². The van der Waals surface area contributed by atoms with Crippen molar-refractivity contribution in [2.45, 2.75) is 38.6 Å². The third-order valence-corrected chi connectivity index (χ3v) is 6.65. The number of rotatable bonds is 8. The van der Waals surface area contributed by atoms with Gasteiger partial charge in [-0.05, 0) is 43.2 Å². The highest BCUT2D eigenvalue weighted by Crippen LogP contribution is 2.19. The Bertz CT molecular complexity index is 913. The average Bonchev–Trinajstić information content (AvgIpc) is 2.68. The van der Waals surface area contributed by atoms with Crippen LogP contribution in [0.3, 0.4) is 0 Å². The molecule has 28 heavy (non-hydrogen) atoms. The van der Waals surface area contributed by atoms with E-state index in [1.807, 2.05) is 52.0 Å². The number of amides is 1. The van der Waals surface area contributed by atoms with Gasteiger partial charge in [-0.25, -0.2) is 8.42 Å². The summed E-state index contributed by atoms with van der Waals surface area (Å²) < 4.78 is 26.5. The van der Waals surface area contributed by atoms with E-state index in [2.05, 4.69) is 5.32 Å². The van der Waals surface area contributed by atoms with Gasteiger partial charge in [0.1, 0.15) is 0 Å². The number of nitrogens with zero attached hydrogens (tertiary/aromatic N) is 1. The second-order valence-corrected chi connectivity index (χ2v) is 8.57. The third kappa shape index (κ3) is 5.53. The summed E-state index contributed by atoms with van der Waals surface area (Å²) in [5.41, 5.74) is 2.97. The maximum absolute atomic E-state index is 12.5. The lowest BCUT2D eigenvalue weighted by molar-refractivity contribution is -0.117. The first-order chi connectivity index (χ1) is 13.3. The second-order valence-electron chi connectivity index (χ2n) is 6.63. The topological polar surface area (TPSA) is 66.5 Å². The van der Waals surface area contributed by atoms with Crippen molar-refractivity contribution in [3.63, 3.8) is 0 Å². The molecular weight excluding hydrogens is 372 g/mol. The van der Waals surface area contributed by atoms with Crippen LogP contribution < -0.4 is 5.32 Å². The molecule has 0 fully saturated rings. The van der Waals surface area contributed by atoms with E-state index in [0.29, 0.717) is 13.1 Å². The summed E-state index contributed by atoms with van der Waals surface area (Å²) in [6.07, 6.45) is 3.27. The predicted octanol–water partition coefficient (Wildman–Crippen LogP) is 3.92. The number of sulfonamides is 1. The molecule has 0 radical (unpaired) electrons. The number of carbonyl (C=O) groups is 1. The summed E-state index contributed by atoms with van der Waals surface area (Å²) in [6, 6.07) is 14.3. The Hall–Kier alpha value is -2.44. The predicted molar refractivity (Wildman–Crippen MR) is 113 cm³/mol. The molecule has 0 spiro atoms. The zero-order chi connectivity index (χ0) is 20.7. The van der Waals surface area contributed by atoms with Crippen LogP contribution in [-0.2, 0) is 14.8 Å². The summed E-state index contributed by atoms with van der Waals surface area (Å²) in [6.45, 7) is 8.38. The summed E-state index contributed by atoms with van der Waals surface area (Å²) in [4.78, 5) is 12.4. The van der Waals surface area contributed by atoms with Crippen molar-refractivity contribution >= 4 is 22.0 Å². The third-order valence-electron chi connectivity index (χ3n) is 4.59. The van der Waals surface area contributed by atoms with Gasteiger partial charge in [0.05, 0.1) is 10.9 Å². The Kier molecular flexibility index (Phi) is 7.54. The van der Waals surface area contributed by atoms with Gasteiger partial charge in [0.2, 0.25) is 15.9 Å². The quantitative estimate of drug-likeness (QED) is 0.683. The lowest BCUT2D eigenvalue weighted by Crippen LogP contribution is -2.30. The van der Waals surface area contributed by atoms with Crippen LogP contribution in [0.5, 0.6) is 0 Å². The summed E-state index contributed by atoms with van der Waals surface area (Å²) in [7, 11) is -3.47. The van der Waals surface area contributed by atoms with Gasteiger partial charge in [-0.2, -0.15) is 4.31 Å². The smallest absolute Gasteiger partial charge is 0.244 e. The zero-order valence-corrected chi connectivity index (χ0v) is 17.7. The van der Waals surface area contributed by atoms with Crippen molar-refractivity contribution in [1.29, 1.82) is 0 Å². The van der Waals surface area contributed by atoms with Gasteiger partial charge in [0.25, 0.3) is 0 Å². The van der Waals surface area contributed by atoms with Crippen molar-refractivity contribution in [3.05, 3.63) is 71.3 Å². The van der Waals surface area contributed by atoms with E-state index in [-0.39, 0.29) is 16.8 Å². The largest absolute Gasteiger partial charge is 0.346 e. The Morgan fingerprint density at radius 3 is 2.14 bits per heavy atom. The molecule has 0 aliphatic carbocycles. The standard InChI is InChI=1S/C22H28N2O3S/c1-5-24(6-2)28(26,27)21-14-12-20(13-15-21)18(4)23-22(25)16-11-19-9-7-17(3)8-10-19/h7-16,18H,5-6H2,1-4H3,(H,23,25)/b16-11+/t18-/m0/s1. The van der Waals surface area contributed by atoms with Gasteiger partial charge in [-0.3, -0.25) is 4.79 Å². The summed E-state index contributed by atoms with van der Waals surface area (Å²) in [5, 5.41) is 2.90. The number of hydrogen-bond acceptors (Lipinski definition) is 3. The van der Waals surface area contributed by atoms with Crippen LogP contribution in [0, 0.1) is 6.92 Å². The fourth-order valence-electron chi connectivity index (χ4n) is 2.84. The Morgan fingerprint density at radius 2 is 1.61 bits per heavy atom.